The maximum absolute atomic E-state index is 10.1. The Morgan fingerprint density at radius 2 is 0.848 bits per heavy atom. The number of rotatable bonds is 5. The Kier molecular flexibility index (Phi) is 5.67. The van der Waals surface area contributed by atoms with Crippen LogP contribution in [-0.4, -0.2) is 15.3 Å². The van der Waals surface area contributed by atoms with Gasteiger partial charge in [0.05, 0.1) is 0 Å². The first-order valence-corrected chi connectivity index (χ1v) is 11.1. The van der Waals surface area contributed by atoms with Crippen LogP contribution in [0.5, 0.6) is 17.2 Å². The topological polar surface area (TPSA) is 60.7 Å². The molecule has 4 aromatic rings. The summed E-state index contributed by atoms with van der Waals surface area (Å²) in [7, 11) is 0. The smallest absolute Gasteiger partial charge is 0.118 e. The second kappa shape index (κ2) is 8.32. The van der Waals surface area contributed by atoms with Crippen LogP contribution >= 0.6 is 0 Å². The van der Waals surface area contributed by atoms with Crippen LogP contribution in [0.25, 0.3) is 0 Å². The van der Waals surface area contributed by atoms with Crippen molar-refractivity contribution in [3.8, 4) is 17.2 Å². The lowest BCUT2D eigenvalue weighted by atomic mass is 9.69. The maximum Gasteiger partial charge on any atom is 0.118 e. The lowest BCUT2D eigenvalue weighted by Gasteiger charge is -2.33. The predicted molar refractivity (Wildman–Crippen MR) is 133 cm³/mol. The average molecular weight is 439 g/mol. The van der Waals surface area contributed by atoms with E-state index in [9.17, 15) is 15.3 Å². The molecule has 3 heteroatoms. The van der Waals surface area contributed by atoms with Crippen molar-refractivity contribution in [2.75, 3.05) is 0 Å². The summed E-state index contributed by atoms with van der Waals surface area (Å²) in [6.45, 7) is 8.43. The molecule has 3 N–H and O–H groups in total. The van der Waals surface area contributed by atoms with Gasteiger partial charge in [0.15, 0.2) is 0 Å². The molecule has 0 aliphatic carbocycles. The van der Waals surface area contributed by atoms with Crippen molar-refractivity contribution in [3.63, 3.8) is 0 Å². The van der Waals surface area contributed by atoms with Crippen LogP contribution in [0.3, 0.4) is 0 Å². The Hall–Kier alpha value is -3.72. The summed E-state index contributed by atoms with van der Waals surface area (Å²) in [4.78, 5) is 0. The molecule has 0 bridgehead atoms. The number of aryl methyl sites for hydroxylation is 1. The lowest BCUT2D eigenvalue weighted by Crippen LogP contribution is -2.26. The molecule has 168 valence electrons. The fourth-order valence-electron chi connectivity index (χ4n) is 4.53. The number of hydrogen-bond donors (Lipinski definition) is 3. The summed E-state index contributed by atoms with van der Waals surface area (Å²) in [6.07, 6.45) is 0. The Labute approximate surface area is 195 Å². The Morgan fingerprint density at radius 3 is 1.30 bits per heavy atom. The van der Waals surface area contributed by atoms with Crippen LogP contribution in [-0.2, 0) is 10.8 Å². The van der Waals surface area contributed by atoms with E-state index in [1.54, 1.807) is 30.3 Å². The van der Waals surface area contributed by atoms with Crippen molar-refractivity contribution < 1.29 is 15.3 Å². The minimum absolute atomic E-state index is 0.226. The predicted octanol–water partition coefficient (Wildman–Crippen LogP) is 6.79. The van der Waals surface area contributed by atoms with Crippen molar-refractivity contribution in [3.05, 3.63) is 124 Å². The zero-order valence-corrected chi connectivity index (χ0v) is 19.5. The molecule has 0 aliphatic heterocycles. The first-order chi connectivity index (χ1) is 15.6. The molecule has 0 saturated carbocycles. The largest absolute Gasteiger partial charge is 0.508 e. The molecule has 4 aromatic carbocycles. The second-order valence-electron chi connectivity index (χ2n) is 9.42. The Bertz CT molecular complexity index is 1250. The van der Waals surface area contributed by atoms with Crippen LogP contribution < -0.4 is 0 Å². The highest BCUT2D eigenvalue weighted by atomic mass is 16.3. The molecule has 0 aliphatic rings. The molecular weight excluding hydrogens is 408 g/mol. The van der Waals surface area contributed by atoms with Crippen LogP contribution in [0.1, 0.15) is 54.2 Å². The number of aromatic hydroxyl groups is 3. The average Bonchev–Trinajstić information content (AvgIpc) is 2.81. The standard InChI is InChI=1S/C30H30O3/c1-20-19-25(13-18-28(20)33)30(4,24-11-16-27(32)17-12-24)23-7-5-21(6-8-23)29(2,3)22-9-14-26(31)15-10-22/h5-19,31-33H,1-4H3. The van der Waals surface area contributed by atoms with E-state index in [4.69, 9.17) is 0 Å². The number of hydrogen-bond acceptors (Lipinski definition) is 3. The third-order valence-corrected chi connectivity index (χ3v) is 6.99. The minimum Gasteiger partial charge on any atom is -0.508 e. The third kappa shape index (κ3) is 4.07. The summed E-state index contributed by atoms with van der Waals surface area (Å²) < 4.78 is 0. The van der Waals surface area contributed by atoms with Gasteiger partial charge in [0, 0.05) is 10.8 Å². The highest BCUT2D eigenvalue weighted by molar-refractivity contribution is 5.53. The van der Waals surface area contributed by atoms with Gasteiger partial charge in [-0.1, -0.05) is 74.5 Å². The summed E-state index contributed by atoms with van der Waals surface area (Å²) >= 11 is 0. The van der Waals surface area contributed by atoms with Crippen LogP contribution in [0, 0.1) is 6.92 Å². The SMILES string of the molecule is Cc1cc(C(C)(c2ccc(O)cc2)c2ccc(C(C)(C)c3ccc(O)cc3)cc2)ccc1O. The molecule has 0 heterocycles. The van der Waals surface area contributed by atoms with Crippen molar-refractivity contribution in [2.24, 2.45) is 0 Å². The highest BCUT2D eigenvalue weighted by Gasteiger charge is 2.32. The van der Waals surface area contributed by atoms with Gasteiger partial charge in [-0.25, -0.2) is 0 Å². The summed E-state index contributed by atoms with van der Waals surface area (Å²) in [5.41, 5.74) is 5.65. The number of phenolic OH excluding ortho intramolecular Hbond substituents is 3. The normalized spacial score (nSPS) is 13.5. The van der Waals surface area contributed by atoms with Crippen molar-refractivity contribution >= 4 is 0 Å². The Balaban J connectivity index is 1.82. The molecule has 33 heavy (non-hydrogen) atoms. The van der Waals surface area contributed by atoms with Gasteiger partial charge in [-0.05, 0) is 77.6 Å². The minimum atomic E-state index is -0.479. The van der Waals surface area contributed by atoms with E-state index in [0.717, 1.165) is 27.8 Å². The van der Waals surface area contributed by atoms with Gasteiger partial charge in [0.2, 0.25) is 0 Å². The molecule has 4 rings (SSSR count). The van der Waals surface area contributed by atoms with Gasteiger partial charge in [0.1, 0.15) is 17.2 Å². The van der Waals surface area contributed by atoms with Gasteiger partial charge in [-0.15, -0.1) is 0 Å². The molecule has 0 radical (unpaired) electrons. The first-order valence-electron chi connectivity index (χ1n) is 11.1. The molecule has 1 unspecified atom stereocenters. The van der Waals surface area contributed by atoms with E-state index >= 15 is 0 Å². The molecule has 0 fully saturated rings. The fraction of sp³-hybridized carbons (Fsp3) is 0.200. The quantitative estimate of drug-likeness (QED) is 0.301. The van der Waals surface area contributed by atoms with E-state index in [-0.39, 0.29) is 22.7 Å². The monoisotopic (exact) mass is 438 g/mol. The molecule has 1 atom stereocenters. The zero-order valence-electron chi connectivity index (χ0n) is 19.5. The summed E-state index contributed by atoms with van der Waals surface area (Å²) in [5, 5.41) is 29.6. The molecule has 0 aromatic heterocycles. The number of phenols is 3. The summed E-state index contributed by atoms with van der Waals surface area (Å²) in [5.74, 6) is 0.769. The van der Waals surface area contributed by atoms with E-state index in [2.05, 4.69) is 45.0 Å². The van der Waals surface area contributed by atoms with E-state index in [1.807, 2.05) is 43.3 Å². The molecule has 0 saturated heterocycles. The molecule has 3 nitrogen and oxygen atoms in total. The molecule has 0 amide bonds. The second-order valence-corrected chi connectivity index (χ2v) is 9.42. The fourth-order valence-corrected chi connectivity index (χ4v) is 4.53. The highest BCUT2D eigenvalue weighted by Crippen LogP contribution is 2.42. The van der Waals surface area contributed by atoms with E-state index in [0.29, 0.717) is 0 Å². The van der Waals surface area contributed by atoms with Gasteiger partial charge in [0.25, 0.3) is 0 Å². The van der Waals surface area contributed by atoms with Crippen molar-refractivity contribution in [1.29, 1.82) is 0 Å². The van der Waals surface area contributed by atoms with Crippen molar-refractivity contribution in [2.45, 2.75) is 38.5 Å². The zero-order chi connectivity index (χ0) is 23.8. The van der Waals surface area contributed by atoms with Gasteiger partial charge in [-0.3, -0.25) is 0 Å². The molecule has 0 spiro atoms. The van der Waals surface area contributed by atoms with Gasteiger partial charge in [-0.2, -0.15) is 0 Å². The lowest BCUT2D eigenvalue weighted by molar-refractivity contribution is 0.470. The first kappa shape index (κ1) is 22.5. The van der Waals surface area contributed by atoms with Gasteiger partial charge < -0.3 is 15.3 Å². The van der Waals surface area contributed by atoms with E-state index in [1.165, 1.54) is 5.56 Å². The van der Waals surface area contributed by atoms with Crippen molar-refractivity contribution in [1.82, 2.24) is 0 Å². The van der Waals surface area contributed by atoms with E-state index < -0.39 is 5.41 Å². The summed E-state index contributed by atoms with van der Waals surface area (Å²) in [6, 6.07) is 29.1. The van der Waals surface area contributed by atoms with Crippen LogP contribution in [0.15, 0.2) is 91.0 Å². The van der Waals surface area contributed by atoms with Crippen LogP contribution in [0.4, 0.5) is 0 Å². The third-order valence-electron chi connectivity index (χ3n) is 6.99. The van der Waals surface area contributed by atoms with Crippen LogP contribution in [0.2, 0.25) is 0 Å². The van der Waals surface area contributed by atoms with Gasteiger partial charge >= 0.3 is 0 Å². The molecular formula is C30H30O3. The maximum atomic E-state index is 10.1. The Morgan fingerprint density at radius 1 is 0.485 bits per heavy atom. The number of benzene rings is 4.